The molecule has 0 saturated carbocycles. The van der Waals surface area contributed by atoms with Gasteiger partial charge in [-0.25, -0.2) is 0 Å². The Hall–Kier alpha value is -1.08. The van der Waals surface area contributed by atoms with Crippen LogP contribution < -0.4 is 0 Å². The van der Waals surface area contributed by atoms with Crippen molar-refractivity contribution in [2.75, 3.05) is 0 Å². The summed E-state index contributed by atoms with van der Waals surface area (Å²) < 4.78 is 0. The quantitative estimate of drug-likeness (QED) is 0.745. The van der Waals surface area contributed by atoms with E-state index in [1.165, 1.54) is 5.56 Å². The number of aliphatic hydroxyl groups excluding tert-OH is 1. The average Bonchev–Trinajstić information content (AvgIpc) is 2.33. The lowest BCUT2D eigenvalue weighted by Crippen LogP contribution is -2.24. The maximum absolute atomic E-state index is 10.3. The summed E-state index contributed by atoms with van der Waals surface area (Å²) in [5.41, 5.74) is 1.52. The number of benzene rings is 1. The van der Waals surface area contributed by atoms with E-state index in [0.717, 1.165) is 19.3 Å². The van der Waals surface area contributed by atoms with Gasteiger partial charge in [0.2, 0.25) is 0 Å². The molecule has 0 aromatic heterocycles. The highest BCUT2D eigenvalue weighted by Crippen LogP contribution is 2.28. The highest BCUT2D eigenvalue weighted by atomic mass is 16.3. The van der Waals surface area contributed by atoms with E-state index in [9.17, 15) is 5.11 Å². The second-order valence-electron chi connectivity index (χ2n) is 6.26. The van der Waals surface area contributed by atoms with Gasteiger partial charge in [0.25, 0.3) is 0 Å². The van der Waals surface area contributed by atoms with E-state index in [1.807, 2.05) is 24.3 Å². The zero-order chi connectivity index (χ0) is 13.6. The number of aryl methyl sites for hydroxylation is 1. The highest BCUT2D eigenvalue weighted by molar-refractivity contribution is 5.14. The summed E-state index contributed by atoms with van der Waals surface area (Å²) >= 11 is 0. The molecule has 18 heavy (non-hydrogen) atoms. The van der Waals surface area contributed by atoms with E-state index < -0.39 is 0 Å². The SMILES string of the molecule is C=C[C@H](CC(C)(C)C)[C@H](O)CCc1ccccc1. The lowest BCUT2D eigenvalue weighted by molar-refractivity contribution is 0.0980. The Morgan fingerprint density at radius 1 is 1.22 bits per heavy atom. The van der Waals surface area contributed by atoms with E-state index in [1.54, 1.807) is 0 Å². The van der Waals surface area contributed by atoms with Crippen LogP contribution in [-0.2, 0) is 6.42 Å². The third-order valence-corrected chi connectivity index (χ3v) is 3.22. The van der Waals surface area contributed by atoms with Crippen molar-refractivity contribution < 1.29 is 5.11 Å². The summed E-state index contributed by atoms with van der Waals surface area (Å²) in [5.74, 6) is 0.189. The van der Waals surface area contributed by atoms with E-state index >= 15 is 0 Å². The second kappa shape index (κ2) is 6.75. The van der Waals surface area contributed by atoms with Crippen molar-refractivity contribution in [2.45, 2.75) is 46.1 Å². The largest absolute Gasteiger partial charge is 0.393 e. The predicted octanol–water partition coefficient (Wildman–Crippen LogP) is 4.22. The van der Waals surface area contributed by atoms with Crippen LogP contribution in [0.3, 0.4) is 0 Å². The second-order valence-corrected chi connectivity index (χ2v) is 6.26. The Bertz CT molecular complexity index is 348. The van der Waals surface area contributed by atoms with Crippen LogP contribution in [0.4, 0.5) is 0 Å². The lowest BCUT2D eigenvalue weighted by Gasteiger charge is -2.27. The minimum Gasteiger partial charge on any atom is -0.393 e. The fraction of sp³-hybridized carbons (Fsp3) is 0.529. The van der Waals surface area contributed by atoms with Crippen molar-refractivity contribution in [1.82, 2.24) is 0 Å². The molecule has 0 aliphatic rings. The van der Waals surface area contributed by atoms with E-state index in [0.29, 0.717) is 0 Å². The molecule has 100 valence electrons. The molecule has 0 amide bonds. The van der Waals surface area contributed by atoms with Crippen LogP contribution in [0, 0.1) is 11.3 Å². The lowest BCUT2D eigenvalue weighted by atomic mass is 9.81. The molecule has 1 N–H and O–H groups in total. The Kier molecular flexibility index (Phi) is 5.61. The highest BCUT2D eigenvalue weighted by Gasteiger charge is 2.22. The molecule has 0 aliphatic carbocycles. The fourth-order valence-corrected chi connectivity index (χ4v) is 2.26. The number of hydrogen-bond acceptors (Lipinski definition) is 1. The maximum Gasteiger partial charge on any atom is 0.0606 e. The number of aliphatic hydroxyl groups is 1. The summed E-state index contributed by atoms with van der Waals surface area (Å²) in [6.45, 7) is 10.5. The molecule has 0 unspecified atom stereocenters. The number of rotatable bonds is 6. The van der Waals surface area contributed by atoms with Crippen molar-refractivity contribution in [3.05, 3.63) is 48.6 Å². The van der Waals surface area contributed by atoms with Gasteiger partial charge in [-0.15, -0.1) is 6.58 Å². The zero-order valence-corrected chi connectivity index (χ0v) is 11.9. The molecule has 0 spiro atoms. The Morgan fingerprint density at radius 3 is 2.33 bits per heavy atom. The van der Waals surface area contributed by atoms with Crippen molar-refractivity contribution in [1.29, 1.82) is 0 Å². The maximum atomic E-state index is 10.3. The zero-order valence-electron chi connectivity index (χ0n) is 11.9. The first kappa shape index (κ1) is 15.0. The third-order valence-electron chi connectivity index (χ3n) is 3.22. The van der Waals surface area contributed by atoms with Crippen molar-refractivity contribution in [2.24, 2.45) is 11.3 Å². The molecule has 1 rings (SSSR count). The molecule has 0 radical (unpaired) electrons. The normalized spacial score (nSPS) is 15.1. The molecule has 0 saturated heterocycles. The molecule has 0 bridgehead atoms. The van der Waals surface area contributed by atoms with Gasteiger partial charge < -0.3 is 5.11 Å². The smallest absolute Gasteiger partial charge is 0.0606 e. The van der Waals surface area contributed by atoms with Gasteiger partial charge in [-0.05, 0) is 30.2 Å². The Morgan fingerprint density at radius 2 is 1.83 bits per heavy atom. The minimum absolute atomic E-state index is 0.189. The summed E-state index contributed by atoms with van der Waals surface area (Å²) in [7, 11) is 0. The molecule has 2 atom stereocenters. The minimum atomic E-state index is -0.290. The predicted molar refractivity (Wildman–Crippen MR) is 78.5 cm³/mol. The van der Waals surface area contributed by atoms with Gasteiger partial charge in [0, 0.05) is 5.92 Å². The van der Waals surface area contributed by atoms with Crippen molar-refractivity contribution in [3.63, 3.8) is 0 Å². The van der Waals surface area contributed by atoms with Crippen LogP contribution in [-0.4, -0.2) is 11.2 Å². The average molecular weight is 246 g/mol. The molecule has 0 heterocycles. The molecule has 1 heteroatoms. The standard InChI is InChI=1S/C17H26O/c1-5-15(13-17(2,3)4)16(18)12-11-14-9-7-6-8-10-14/h5-10,15-16,18H,1,11-13H2,2-4H3/t15-,16-/m1/s1. The van der Waals surface area contributed by atoms with Crippen LogP contribution in [0.15, 0.2) is 43.0 Å². The van der Waals surface area contributed by atoms with E-state index in [2.05, 4.69) is 39.5 Å². The van der Waals surface area contributed by atoms with Crippen molar-refractivity contribution >= 4 is 0 Å². The molecule has 1 aromatic carbocycles. The van der Waals surface area contributed by atoms with Crippen LogP contribution in [0.25, 0.3) is 0 Å². The van der Waals surface area contributed by atoms with E-state index in [-0.39, 0.29) is 17.4 Å². The number of hydrogen-bond donors (Lipinski definition) is 1. The van der Waals surface area contributed by atoms with Gasteiger partial charge in [-0.3, -0.25) is 0 Å². The van der Waals surface area contributed by atoms with Gasteiger partial charge in [0.1, 0.15) is 0 Å². The first-order valence-electron chi connectivity index (χ1n) is 6.77. The van der Waals surface area contributed by atoms with Crippen LogP contribution in [0.2, 0.25) is 0 Å². The van der Waals surface area contributed by atoms with Gasteiger partial charge >= 0.3 is 0 Å². The summed E-state index contributed by atoms with van der Waals surface area (Å²) in [6, 6.07) is 10.3. The Balaban J connectivity index is 2.48. The summed E-state index contributed by atoms with van der Waals surface area (Å²) in [6.07, 6.45) is 4.32. The molecule has 1 aromatic rings. The van der Waals surface area contributed by atoms with Gasteiger partial charge in [-0.1, -0.05) is 57.2 Å². The first-order valence-corrected chi connectivity index (χ1v) is 6.77. The topological polar surface area (TPSA) is 20.2 Å². The van der Waals surface area contributed by atoms with Gasteiger partial charge in [0.05, 0.1) is 6.10 Å². The van der Waals surface area contributed by atoms with E-state index in [4.69, 9.17) is 0 Å². The van der Waals surface area contributed by atoms with Crippen LogP contribution in [0.1, 0.15) is 39.2 Å². The molecule has 1 nitrogen and oxygen atoms in total. The van der Waals surface area contributed by atoms with Gasteiger partial charge in [-0.2, -0.15) is 0 Å². The van der Waals surface area contributed by atoms with Gasteiger partial charge in [0.15, 0.2) is 0 Å². The molecule has 0 fully saturated rings. The summed E-state index contributed by atoms with van der Waals surface area (Å²) in [4.78, 5) is 0. The summed E-state index contributed by atoms with van der Waals surface area (Å²) in [5, 5.41) is 10.3. The molecular weight excluding hydrogens is 220 g/mol. The first-order chi connectivity index (χ1) is 8.42. The molecule has 0 aliphatic heterocycles. The molecular formula is C17H26O. The van der Waals surface area contributed by atoms with Crippen LogP contribution in [0.5, 0.6) is 0 Å². The monoisotopic (exact) mass is 246 g/mol. The fourth-order valence-electron chi connectivity index (χ4n) is 2.26. The van der Waals surface area contributed by atoms with Crippen molar-refractivity contribution in [3.8, 4) is 0 Å². The van der Waals surface area contributed by atoms with Crippen LogP contribution >= 0.6 is 0 Å². The third kappa shape index (κ3) is 5.50. The Labute approximate surface area is 112 Å².